The van der Waals surface area contributed by atoms with Crippen LogP contribution >= 0.6 is 0 Å². The summed E-state index contributed by atoms with van der Waals surface area (Å²) in [4.78, 5) is 23.7. The van der Waals surface area contributed by atoms with Crippen molar-refractivity contribution in [3.05, 3.63) is 34.7 Å². The molecular formula is C17H19NO9. The largest absolute Gasteiger partial charge is 0.508 e. The normalized spacial score (nSPS) is 28.2. The number of aliphatic hydroxyl groups excluding tert-OH is 3. The van der Waals surface area contributed by atoms with Crippen LogP contribution in [0, 0.1) is 0 Å². The maximum atomic E-state index is 12.2. The standard InChI is InChI=1S/C17H19NO9/c18-14(22)6-17(5-10(21)15(23)13(7-19)27-17)26-12-3-8-1-2-9(20)4-11(8)25-16(12)24/h1-4,10,13,15,19-21,23H,5-7H2,(H2,18,22)/t10-,13-,15-,17?/m1/s1. The highest BCUT2D eigenvalue weighted by atomic mass is 16.7. The maximum absolute atomic E-state index is 12.2. The fourth-order valence-corrected chi connectivity index (χ4v) is 3.06. The monoisotopic (exact) mass is 381 g/mol. The Kier molecular flexibility index (Phi) is 5.07. The summed E-state index contributed by atoms with van der Waals surface area (Å²) in [5, 5.41) is 39.2. The van der Waals surface area contributed by atoms with Crippen molar-refractivity contribution in [2.24, 2.45) is 5.73 Å². The minimum Gasteiger partial charge on any atom is -0.508 e. The molecule has 146 valence electrons. The highest BCUT2D eigenvalue weighted by Crippen LogP contribution is 2.34. The molecule has 3 rings (SSSR count). The molecule has 0 saturated carbocycles. The number of carbonyl (C=O) groups is 1. The lowest BCUT2D eigenvalue weighted by atomic mass is 9.93. The first-order chi connectivity index (χ1) is 12.7. The highest BCUT2D eigenvalue weighted by Gasteiger charge is 2.49. The van der Waals surface area contributed by atoms with Gasteiger partial charge in [0.05, 0.1) is 19.1 Å². The molecule has 1 aliphatic heterocycles. The molecule has 10 nitrogen and oxygen atoms in total. The Labute approximate surface area is 152 Å². The number of amides is 1. The molecule has 0 radical (unpaired) electrons. The second-order valence-corrected chi connectivity index (χ2v) is 6.38. The van der Waals surface area contributed by atoms with Gasteiger partial charge in [-0.2, -0.15) is 0 Å². The number of hydrogen-bond donors (Lipinski definition) is 5. The Hall–Kier alpha value is -2.66. The molecule has 1 amide bonds. The van der Waals surface area contributed by atoms with E-state index in [1.807, 2.05) is 0 Å². The number of aliphatic hydroxyl groups is 3. The van der Waals surface area contributed by atoms with E-state index in [0.717, 1.165) is 0 Å². The Morgan fingerprint density at radius 3 is 2.74 bits per heavy atom. The summed E-state index contributed by atoms with van der Waals surface area (Å²) in [6, 6.07) is 5.43. The van der Waals surface area contributed by atoms with Gasteiger partial charge in [-0.05, 0) is 18.2 Å². The molecule has 0 aliphatic carbocycles. The molecule has 27 heavy (non-hydrogen) atoms. The summed E-state index contributed by atoms with van der Waals surface area (Å²) in [5.74, 6) is -3.14. The van der Waals surface area contributed by atoms with Crippen LogP contribution in [-0.2, 0) is 9.53 Å². The molecule has 1 aromatic carbocycles. The number of primary amides is 1. The van der Waals surface area contributed by atoms with Crippen LogP contribution in [0.2, 0.25) is 0 Å². The molecular weight excluding hydrogens is 362 g/mol. The number of carbonyl (C=O) groups excluding carboxylic acids is 1. The van der Waals surface area contributed by atoms with Crippen molar-refractivity contribution >= 4 is 16.9 Å². The molecule has 1 aromatic heterocycles. The van der Waals surface area contributed by atoms with E-state index in [9.17, 15) is 30.0 Å². The van der Waals surface area contributed by atoms with Crippen LogP contribution in [0.1, 0.15) is 12.8 Å². The zero-order chi connectivity index (χ0) is 19.8. The van der Waals surface area contributed by atoms with Gasteiger partial charge in [-0.25, -0.2) is 4.79 Å². The number of hydrogen-bond acceptors (Lipinski definition) is 9. The average molecular weight is 381 g/mol. The van der Waals surface area contributed by atoms with Crippen molar-refractivity contribution in [2.75, 3.05) is 6.61 Å². The summed E-state index contributed by atoms with van der Waals surface area (Å²) in [7, 11) is 0. The smallest absolute Gasteiger partial charge is 0.379 e. The zero-order valence-electron chi connectivity index (χ0n) is 14.1. The van der Waals surface area contributed by atoms with Crippen molar-refractivity contribution in [1.29, 1.82) is 0 Å². The molecule has 0 bridgehead atoms. The minimum atomic E-state index is -1.88. The Morgan fingerprint density at radius 2 is 2.07 bits per heavy atom. The first-order valence-corrected chi connectivity index (χ1v) is 8.12. The predicted octanol–water partition coefficient (Wildman–Crippen LogP) is -1.05. The summed E-state index contributed by atoms with van der Waals surface area (Å²) < 4.78 is 16.2. The number of benzene rings is 1. The third-order valence-corrected chi connectivity index (χ3v) is 4.27. The molecule has 1 unspecified atom stereocenters. The van der Waals surface area contributed by atoms with Gasteiger partial charge in [0.2, 0.25) is 17.4 Å². The highest BCUT2D eigenvalue weighted by molar-refractivity contribution is 5.79. The topological polar surface area (TPSA) is 173 Å². The number of fused-ring (bicyclic) bond motifs is 1. The van der Waals surface area contributed by atoms with E-state index < -0.39 is 48.7 Å². The van der Waals surface area contributed by atoms with Gasteiger partial charge in [-0.1, -0.05) is 0 Å². The van der Waals surface area contributed by atoms with Crippen molar-refractivity contribution < 1.29 is 39.1 Å². The van der Waals surface area contributed by atoms with Crippen molar-refractivity contribution in [1.82, 2.24) is 0 Å². The summed E-state index contributed by atoms with van der Waals surface area (Å²) in [5.41, 5.74) is 4.44. The van der Waals surface area contributed by atoms with E-state index >= 15 is 0 Å². The number of aromatic hydroxyl groups is 1. The number of phenolic OH excluding ortho intramolecular Hbond substituents is 1. The Morgan fingerprint density at radius 1 is 1.33 bits per heavy atom. The van der Waals surface area contributed by atoms with Gasteiger partial charge in [0, 0.05) is 17.9 Å². The lowest BCUT2D eigenvalue weighted by Gasteiger charge is -2.44. The third-order valence-electron chi connectivity index (χ3n) is 4.27. The molecule has 0 spiro atoms. The van der Waals surface area contributed by atoms with Crippen LogP contribution in [-0.4, -0.2) is 57.0 Å². The van der Waals surface area contributed by atoms with Crippen LogP contribution in [0.25, 0.3) is 11.0 Å². The first-order valence-electron chi connectivity index (χ1n) is 8.12. The number of rotatable bonds is 5. The maximum Gasteiger partial charge on any atom is 0.379 e. The first kappa shape index (κ1) is 19.1. The fraction of sp³-hybridized carbons (Fsp3) is 0.412. The van der Waals surface area contributed by atoms with Gasteiger partial charge in [-0.15, -0.1) is 0 Å². The van der Waals surface area contributed by atoms with Crippen LogP contribution in [0.5, 0.6) is 11.5 Å². The van der Waals surface area contributed by atoms with Crippen molar-refractivity contribution in [3.63, 3.8) is 0 Å². The van der Waals surface area contributed by atoms with Gasteiger partial charge in [0.25, 0.3) is 0 Å². The summed E-state index contributed by atoms with van der Waals surface area (Å²) >= 11 is 0. The average Bonchev–Trinajstić information content (AvgIpc) is 2.58. The zero-order valence-corrected chi connectivity index (χ0v) is 14.1. The second kappa shape index (κ2) is 7.16. The fourth-order valence-electron chi connectivity index (χ4n) is 3.06. The Balaban J connectivity index is 2.01. The molecule has 6 N–H and O–H groups in total. The van der Waals surface area contributed by atoms with E-state index in [4.69, 9.17) is 19.6 Å². The van der Waals surface area contributed by atoms with E-state index in [2.05, 4.69) is 0 Å². The van der Waals surface area contributed by atoms with E-state index in [-0.39, 0.29) is 23.5 Å². The van der Waals surface area contributed by atoms with Crippen LogP contribution in [0.4, 0.5) is 0 Å². The number of phenols is 1. The van der Waals surface area contributed by atoms with Gasteiger partial charge >= 0.3 is 5.63 Å². The Bertz CT molecular complexity index is 911. The summed E-state index contributed by atoms with van der Waals surface area (Å²) in [6.07, 6.45) is -4.96. The quantitative estimate of drug-likeness (QED) is 0.405. The molecule has 1 saturated heterocycles. The van der Waals surface area contributed by atoms with Crippen molar-refractivity contribution in [2.45, 2.75) is 36.9 Å². The molecule has 1 aliphatic rings. The van der Waals surface area contributed by atoms with Gasteiger partial charge in [-0.3, -0.25) is 4.79 Å². The molecule has 1 fully saturated rings. The van der Waals surface area contributed by atoms with Gasteiger partial charge in [0.1, 0.15) is 23.5 Å². The molecule has 4 atom stereocenters. The van der Waals surface area contributed by atoms with Gasteiger partial charge in [0.15, 0.2) is 0 Å². The van der Waals surface area contributed by atoms with Crippen LogP contribution < -0.4 is 16.1 Å². The minimum absolute atomic E-state index is 0.0944. The lowest BCUT2D eigenvalue weighted by Crippen LogP contribution is -2.59. The van der Waals surface area contributed by atoms with Crippen LogP contribution in [0.15, 0.2) is 33.5 Å². The number of nitrogens with two attached hydrogens (primary N) is 1. The lowest BCUT2D eigenvalue weighted by molar-refractivity contribution is -0.292. The van der Waals surface area contributed by atoms with E-state index in [1.54, 1.807) is 0 Å². The second-order valence-electron chi connectivity index (χ2n) is 6.38. The number of ether oxygens (including phenoxy) is 2. The van der Waals surface area contributed by atoms with E-state index in [1.165, 1.54) is 24.3 Å². The molecule has 2 aromatic rings. The third kappa shape index (κ3) is 3.88. The summed E-state index contributed by atoms with van der Waals surface area (Å²) in [6.45, 7) is -0.659. The molecule has 2 heterocycles. The van der Waals surface area contributed by atoms with Crippen molar-refractivity contribution in [3.8, 4) is 11.5 Å². The van der Waals surface area contributed by atoms with E-state index in [0.29, 0.717) is 5.39 Å². The molecule has 10 heteroatoms. The van der Waals surface area contributed by atoms with Crippen LogP contribution in [0.3, 0.4) is 0 Å². The SMILES string of the molecule is NC(=O)CC1(Oc2cc3ccc(O)cc3oc2=O)C[C@@H](O)[C@@H](O)[C@@H](CO)O1. The predicted molar refractivity (Wildman–Crippen MR) is 89.9 cm³/mol. The van der Waals surface area contributed by atoms with Gasteiger partial charge < -0.3 is 40.1 Å².